The van der Waals surface area contributed by atoms with E-state index in [4.69, 9.17) is 5.11 Å². The van der Waals surface area contributed by atoms with Crippen molar-refractivity contribution in [1.29, 1.82) is 0 Å². The van der Waals surface area contributed by atoms with E-state index in [-0.39, 0.29) is 22.8 Å². The van der Waals surface area contributed by atoms with Gasteiger partial charge in [0.2, 0.25) is 0 Å². The summed E-state index contributed by atoms with van der Waals surface area (Å²) in [5, 5.41) is 21.2. The van der Waals surface area contributed by atoms with Gasteiger partial charge in [0.25, 0.3) is 5.91 Å². The lowest BCUT2D eigenvalue weighted by Crippen LogP contribution is -2.43. The number of rotatable bonds is 7. The van der Waals surface area contributed by atoms with Crippen molar-refractivity contribution in [3.8, 4) is 28.4 Å². The van der Waals surface area contributed by atoms with E-state index in [0.717, 1.165) is 12.1 Å². The maximum Gasteiger partial charge on any atom is 0.573 e. The van der Waals surface area contributed by atoms with Crippen LogP contribution in [0.4, 0.5) is 17.6 Å². The normalized spacial score (nSPS) is 13.3. The van der Waals surface area contributed by atoms with E-state index in [2.05, 4.69) is 20.0 Å². The van der Waals surface area contributed by atoms with Gasteiger partial charge in [-0.2, -0.15) is 0 Å². The molecule has 3 N–H and O–H groups in total. The predicted octanol–water partition coefficient (Wildman–Crippen LogP) is 3.32. The minimum absolute atomic E-state index is 0.00290. The van der Waals surface area contributed by atoms with Crippen molar-refractivity contribution in [3.05, 3.63) is 66.1 Å². The number of hydrogen-bond donors (Lipinski definition) is 3. The van der Waals surface area contributed by atoms with E-state index >= 15 is 0 Å². The van der Waals surface area contributed by atoms with Gasteiger partial charge in [-0.1, -0.05) is 12.1 Å². The fourth-order valence-electron chi connectivity index (χ4n) is 2.83. The molecule has 7 nitrogen and oxygen atoms in total. The highest BCUT2D eigenvalue weighted by Gasteiger charge is 2.31. The van der Waals surface area contributed by atoms with Crippen LogP contribution in [0, 0.1) is 5.82 Å². The molecule has 0 radical (unpaired) electrons. The second kappa shape index (κ2) is 9.92. The summed E-state index contributed by atoms with van der Waals surface area (Å²) >= 11 is 0. The standard InChI is InChI=1S/C22H19F4N3O4/c1-12(19(31)11-30)27-21(32)18-10-17(13-5-7-16(8-6-13)33-22(24,25)26)28-20(29-18)14-3-2-4-15(23)9-14/h2-10,12,19,30-31H,11H2,1H3,(H,27,32). The van der Waals surface area contributed by atoms with Crippen LogP contribution in [-0.4, -0.2) is 51.2 Å². The van der Waals surface area contributed by atoms with Crippen molar-refractivity contribution in [2.45, 2.75) is 25.4 Å². The number of halogens is 4. The summed E-state index contributed by atoms with van der Waals surface area (Å²) in [6.07, 6.45) is -6.05. The van der Waals surface area contributed by atoms with Crippen molar-refractivity contribution < 1.29 is 37.3 Å². The summed E-state index contributed by atoms with van der Waals surface area (Å²) in [5.41, 5.74) is 0.670. The third kappa shape index (κ3) is 6.46. The van der Waals surface area contributed by atoms with Crippen LogP contribution in [0.3, 0.4) is 0 Å². The minimum Gasteiger partial charge on any atom is -0.406 e. The second-order valence-electron chi connectivity index (χ2n) is 7.06. The maximum absolute atomic E-state index is 13.7. The highest BCUT2D eigenvalue weighted by molar-refractivity contribution is 5.94. The molecule has 174 valence electrons. The van der Waals surface area contributed by atoms with Gasteiger partial charge in [0.1, 0.15) is 17.3 Å². The maximum atomic E-state index is 13.7. The Kier molecular flexibility index (Phi) is 7.24. The van der Waals surface area contributed by atoms with Gasteiger partial charge in [-0.3, -0.25) is 4.79 Å². The number of hydrogen-bond acceptors (Lipinski definition) is 6. The van der Waals surface area contributed by atoms with Gasteiger partial charge in [-0.25, -0.2) is 14.4 Å². The smallest absolute Gasteiger partial charge is 0.406 e. The summed E-state index contributed by atoms with van der Waals surface area (Å²) in [4.78, 5) is 21.2. The van der Waals surface area contributed by atoms with E-state index in [1.54, 1.807) is 0 Å². The van der Waals surface area contributed by atoms with Gasteiger partial charge in [-0.05, 0) is 49.4 Å². The zero-order chi connectivity index (χ0) is 24.2. The number of aromatic nitrogens is 2. The Balaban J connectivity index is 2.01. The number of aliphatic hydroxyl groups excluding tert-OH is 2. The second-order valence-corrected chi connectivity index (χ2v) is 7.06. The number of nitrogens with one attached hydrogen (secondary N) is 1. The Morgan fingerprint density at radius 1 is 1.09 bits per heavy atom. The van der Waals surface area contributed by atoms with Crippen LogP contribution in [0.25, 0.3) is 22.6 Å². The van der Waals surface area contributed by atoms with Gasteiger partial charge in [-0.15, -0.1) is 13.2 Å². The van der Waals surface area contributed by atoms with E-state index < -0.39 is 42.6 Å². The van der Waals surface area contributed by atoms with Crippen LogP contribution < -0.4 is 10.1 Å². The third-order valence-electron chi connectivity index (χ3n) is 4.55. The lowest BCUT2D eigenvalue weighted by Gasteiger charge is -2.18. The number of ether oxygens (including phenoxy) is 1. The first-order chi connectivity index (χ1) is 15.6. The first-order valence-corrected chi connectivity index (χ1v) is 9.66. The molecule has 11 heteroatoms. The van der Waals surface area contributed by atoms with Gasteiger partial charge < -0.3 is 20.3 Å². The van der Waals surface area contributed by atoms with Crippen LogP contribution >= 0.6 is 0 Å². The fraction of sp³-hybridized carbons (Fsp3) is 0.227. The number of nitrogens with zero attached hydrogens (tertiary/aromatic N) is 2. The van der Waals surface area contributed by atoms with Gasteiger partial charge in [0.15, 0.2) is 5.82 Å². The highest BCUT2D eigenvalue weighted by Crippen LogP contribution is 2.27. The van der Waals surface area contributed by atoms with E-state index in [0.29, 0.717) is 5.56 Å². The van der Waals surface area contributed by atoms with E-state index in [1.165, 1.54) is 49.4 Å². The van der Waals surface area contributed by atoms with Crippen LogP contribution in [0.15, 0.2) is 54.6 Å². The van der Waals surface area contributed by atoms with Crippen LogP contribution in [0.1, 0.15) is 17.4 Å². The Bertz CT molecular complexity index is 1120. The summed E-state index contributed by atoms with van der Waals surface area (Å²) in [6, 6.07) is 10.7. The molecule has 0 aliphatic heterocycles. The van der Waals surface area contributed by atoms with Gasteiger partial charge in [0.05, 0.1) is 24.4 Å². The average molecular weight is 465 g/mol. The summed E-state index contributed by atoms with van der Waals surface area (Å²) < 4.78 is 54.8. The zero-order valence-corrected chi connectivity index (χ0v) is 17.2. The molecule has 0 bridgehead atoms. The number of carbonyl (C=O) groups excluding carboxylic acids is 1. The molecule has 2 atom stereocenters. The first kappa shape index (κ1) is 24.1. The number of carbonyl (C=O) groups is 1. The molecule has 0 aliphatic rings. The largest absolute Gasteiger partial charge is 0.573 e. The third-order valence-corrected chi connectivity index (χ3v) is 4.55. The Morgan fingerprint density at radius 3 is 2.39 bits per heavy atom. The first-order valence-electron chi connectivity index (χ1n) is 9.66. The molecule has 0 spiro atoms. The molecule has 3 aromatic rings. The van der Waals surface area contributed by atoms with Gasteiger partial charge >= 0.3 is 6.36 Å². The molecule has 0 saturated carbocycles. The molecule has 0 fully saturated rings. The van der Waals surface area contributed by atoms with Crippen molar-refractivity contribution in [1.82, 2.24) is 15.3 Å². The molecular formula is C22H19F4N3O4. The molecule has 0 aliphatic carbocycles. The predicted molar refractivity (Wildman–Crippen MR) is 110 cm³/mol. The Morgan fingerprint density at radius 2 is 1.79 bits per heavy atom. The van der Waals surface area contributed by atoms with Crippen molar-refractivity contribution in [2.75, 3.05) is 6.61 Å². The highest BCUT2D eigenvalue weighted by atomic mass is 19.4. The number of benzene rings is 2. The Labute approximate surface area is 185 Å². The molecule has 1 amide bonds. The molecule has 0 saturated heterocycles. The lowest BCUT2D eigenvalue weighted by atomic mass is 10.1. The zero-order valence-electron chi connectivity index (χ0n) is 17.2. The molecule has 2 aromatic carbocycles. The van der Waals surface area contributed by atoms with Crippen molar-refractivity contribution in [3.63, 3.8) is 0 Å². The molecular weight excluding hydrogens is 446 g/mol. The minimum atomic E-state index is -4.85. The monoisotopic (exact) mass is 465 g/mol. The molecule has 33 heavy (non-hydrogen) atoms. The number of alkyl halides is 3. The van der Waals surface area contributed by atoms with Crippen LogP contribution in [-0.2, 0) is 0 Å². The molecule has 1 heterocycles. The molecule has 2 unspecified atom stereocenters. The summed E-state index contributed by atoms with van der Waals surface area (Å²) in [5.74, 6) is -1.69. The van der Waals surface area contributed by atoms with Crippen LogP contribution in [0.5, 0.6) is 5.75 Å². The Hall–Kier alpha value is -3.57. The number of amides is 1. The van der Waals surface area contributed by atoms with E-state index in [1.807, 2.05) is 0 Å². The van der Waals surface area contributed by atoms with Crippen molar-refractivity contribution >= 4 is 5.91 Å². The number of aliphatic hydroxyl groups is 2. The summed E-state index contributed by atoms with van der Waals surface area (Å²) in [7, 11) is 0. The van der Waals surface area contributed by atoms with Gasteiger partial charge in [0, 0.05) is 11.1 Å². The fourth-order valence-corrected chi connectivity index (χ4v) is 2.83. The molecule has 1 aromatic heterocycles. The lowest BCUT2D eigenvalue weighted by molar-refractivity contribution is -0.274. The van der Waals surface area contributed by atoms with Crippen molar-refractivity contribution in [2.24, 2.45) is 0 Å². The van der Waals surface area contributed by atoms with E-state index in [9.17, 15) is 27.5 Å². The van der Waals surface area contributed by atoms with Crippen LogP contribution in [0.2, 0.25) is 0 Å². The quantitative estimate of drug-likeness (QED) is 0.463. The SMILES string of the molecule is CC(NC(=O)c1cc(-c2ccc(OC(F)(F)F)cc2)nc(-c2cccc(F)c2)n1)C(O)CO. The summed E-state index contributed by atoms with van der Waals surface area (Å²) in [6.45, 7) is 0.908. The molecule has 3 rings (SSSR count). The average Bonchev–Trinajstić information content (AvgIpc) is 2.77. The topological polar surface area (TPSA) is 105 Å².